The van der Waals surface area contributed by atoms with E-state index in [1.54, 1.807) is 30.3 Å². The summed E-state index contributed by atoms with van der Waals surface area (Å²) in [5.41, 5.74) is 0.727. The van der Waals surface area contributed by atoms with Gasteiger partial charge in [0.05, 0.1) is 16.9 Å². The lowest BCUT2D eigenvalue weighted by Gasteiger charge is -2.10. The van der Waals surface area contributed by atoms with E-state index in [0.29, 0.717) is 5.69 Å². The maximum atomic E-state index is 13.7. The molecule has 0 fully saturated rings. The first-order valence-corrected chi connectivity index (χ1v) is 6.20. The molecular weight excluding hydrogens is 348 g/mol. The minimum atomic E-state index is -1.05. The van der Waals surface area contributed by atoms with Crippen molar-refractivity contribution in [2.24, 2.45) is 0 Å². The van der Waals surface area contributed by atoms with Crippen molar-refractivity contribution < 1.29 is 14.3 Å². The SMILES string of the molecule is O=C(O)c1ccccc1Nc1ccc(I)cc1F. The minimum absolute atomic E-state index is 0.107. The highest BCUT2D eigenvalue weighted by atomic mass is 127. The average Bonchev–Trinajstić information content (AvgIpc) is 2.33. The summed E-state index contributed by atoms with van der Waals surface area (Å²) in [5.74, 6) is -1.47. The van der Waals surface area contributed by atoms with E-state index in [2.05, 4.69) is 5.32 Å². The number of aromatic carboxylic acids is 1. The lowest BCUT2D eigenvalue weighted by atomic mass is 10.1. The van der Waals surface area contributed by atoms with Crippen LogP contribution < -0.4 is 5.32 Å². The molecule has 92 valence electrons. The molecule has 2 N–H and O–H groups in total. The molecule has 2 aromatic carbocycles. The van der Waals surface area contributed by atoms with E-state index in [4.69, 9.17) is 5.11 Å². The van der Waals surface area contributed by atoms with E-state index < -0.39 is 11.8 Å². The molecule has 2 aromatic rings. The first-order chi connectivity index (χ1) is 8.58. The molecule has 0 amide bonds. The van der Waals surface area contributed by atoms with Gasteiger partial charge in [0.1, 0.15) is 5.82 Å². The van der Waals surface area contributed by atoms with Crippen molar-refractivity contribution >= 4 is 39.9 Å². The summed E-state index contributed by atoms with van der Waals surface area (Å²) in [7, 11) is 0. The van der Waals surface area contributed by atoms with E-state index >= 15 is 0 Å². The maximum Gasteiger partial charge on any atom is 0.337 e. The quantitative estimate of drug-likeness (QED) is 0.820. The number of carboxylic acid groups (broad SMARTS) is 1. The standard InChI is InChI=1S/C13H9FINO2/c14-10-7-8(15)5-6-12(10)16-11-4-2-1-3-9(11)13(17)18/h1-7,16H,(H,17,18). The highest BCUT2D eigenvalue weighted by Gasteiger charge is 2.10. The van der Waals surface area contributed by atoms with E-state index in [9.17, 15) is 9.18 Å². The predicted molar refractivity (Wildman–Crippen MR) is 75.8 cm³/mol. The van der Waals surface area contributed by atoms with Crippen molar-refractivity contribution in [1.29, 1.82) is 0 Å². The van der Waals surface area contributed by atoms with Crippen molar-refractivity contribution in [3.8, 4) is 0 Å². The van der Waals surface area contributed by atoms with Crippen LogP contribution in [0.2, 0.25) is 0 Å². The van der Waals surface area contributed by atoms with Gasteiger partial charge in [0.15, 0.2) is 0 Å². The van der Waals surface area contributed by atoms with Gasteiger partial charge in [-0.3, -0.25) is 0 Å². The van der Waals surface area contributed by atoms with Crippen molar-refractivity contribution in [2.45, 2.75) is 0 Å². The predicted octanol–water partition coefficient (Wildman–Crippen LogP) is 3.87. The number of benzene rings is 2. The number of hydrogen-bond donors (Lipinski definition) is 2. The van der Waals surface area contributed by atoms with Crippen molar-refractivity contribution in [3.05, 3.63) is 57.4 Å². The molecule has 0 aliphatic heterocycles. The second-order valence-electron chi connectivity index (χ2n) is 3.60. The second-order valence-corrected chi connectivity index (χ2v) is 4.85. The summed E-state index contributed by atoms with van der Waals surface area (Å²) < 4.78 is 14.4. The Balaban J connectivity index is 2.37. The largest absolute Gasteiger partial charge is 0.478 e. The van der Waals surface area contributed by atoms with Crippen LogP contribution >= 0.6 is 22.6 Å². The fourth-order valence-corrected chi connectivity index (χ4v) is 1.97. The van der Waals surface area contributed by atoms with Gasteiger partial charge in [-0.2, -0.15) is 0 Å². The van der Waals surface area contributed by atoms with E-state index in [0.717, 1.165) is 3.57 Å². The molecule has 5 heteroatoms. The van der Waals surface area contributed by atoms with Gasteiger partial charge >= 0.3 is 5.97 Å². The molecule has 0 saturated carbocycles. The fourth-order valence-electron chi connectivity index (χ4n) is 1.51. The summed E-state index contributed by atoms with van der Waals surface area (Å²) >= 11 is 2.01. The van der Waals surface area contributed by atoms with Gasteiger partial charge in [-0.15, -0.1) is 0 Å². The van der Waals surface area contributed by atoms with Crippen LogP contribution in [0.5, 0.6) is 0 Å². The molecule has 0 spiro atoms. The van der Waals surface area contributed by atoms with Crippen LogP contribution in [0.4, 0.5) is 15.8 Å². The normalized spacial score (nSPS) is 10.1. The molecule has 0 heterocycles. The van der Waals surface area contributed by atoms with Crippen molar-refractivity contribution in [2.75, 3.05) is 5.32 Å². The van der Waals surface area contributed by atoms with Crippen LogP contribution in [0.3, 0.4) is 0 Å². The van der Waals surface area contributed by atoms with E-state index in [-0.39, 0.29) is 11.3 Å². The lowest BCUT2D eigenvalue weighted by molar-refractivity contribution is 0.0698. The maximum absolute atomic E-state index is 13.7. The highest BCUT2D eigenvalue weighted by molar-refractivity contribution is 14.1. The molecule has 0 aromatic heterocycles. The Morgan fingerprint density at radius 1 is 1.17 bits per heavy atom. The van der Waals surface area contributed by atoms with Crippen LogP contribution in [0.1, 0.15) is 10.4 Å². The monoisotopic (exact) mass is 357 g/mol. The number of hydrogen-bond acceptors (Lipinski definition) is 2. The van der Waals surface area contributed by atoms with Crippen LogP contribution in [-0.2, 0) is 0 Å². The average molecular weight is 357 g/mol. The van der Waals surface area contributed by atoms with Gasteiger partial charge in [-0.25, -0.2) is 9.18 Å². The first kappa shape index (κ1) is 12.8. The summed E-state index contributed by atoms with van der Waals surface area (Å²) in [6, 6.07) is 11.1. The molecule has 2 rings (SSSR count). The number of anilines is 2. The zero-order valence-electron chi connectivity index (χ0n) is 9.15. The van der Waals surface area contributed by atoms with Crippen LogP contribution in [0.25, 0.3) is 0 Å². The minimum Gasteiger partial charge on any atom is -0.478 e. The second kappa shape index (κ2) is 5.34. The Kier molecular flexibility index (Phi) is 3.81. The number of carbonyl (C=O) groups is 1. The van der Waals surface area contributed by atoms with Crippen LogP contribution in [0, 0.1) is 9.39 Å². The van der Waals surface area contributed by atoms with Crippen LogP contribution in [0.15, 0.2) is 42.5 Å². The summed E-state index contributed by atoms with van der Waals surface area (Å²) in [5, 5.41) is 11.8. The van der Waals surface area contributed by atoms with Crippen molar-refractivity contribution in [3.63, 3.8) is 0 Å². The molecular formula is C13H9FINO2. The highest BCUT2D eigenvalue weighted by Crippen LogP contribution is 2.24. The molecule has 0 aliphatic carbocycles. The number of rotatable bonds is 3. The smallest absolute Gasteiger partial charge is 0.337 e. The van der Waals surface area contributed by atoms with Gasteiger partial charge < -0.3 is 10.4 Å². The number of nitrogens with one attached hydrogen (secondary N) is 1. The fraction of sp³-hybridized carbons (Fsp3) is 0. The third-order valence-corrected chi connectivity index (χ3v) is 3.03. The summed E-state index contributed by atoms with van der Waals surface area (Å²) in [6.45, 7) is 0. The molecule has 0 aliphatic rings. The number of carboxylic acids is 1. The summed E-state index contributed by atoms with van der Waals surface area (Å²) in [6.07, 6.45) is 0. The van der Waals surface area contributed by atoms with Gasteiger partial charge in [0.25, 0.3) is 0 Å². The zero-order chi connectivity index (χ0) is 13.1. The molecule has 0 saturated heterocycles. The van der Waals surface area contributed by atoms with Crippen LogP contribution in [-0.4, -0.2) is 11.1 Å². The van der Waals surface area contributed by atoms with E-state index in [1.807, 2.05) is 22.6 Å². The molecule has 0 atom stereocenters. The third kappa shape index (κ3) is 2.79. The lowest BCUT2D eigenvalue weighted by Crippen LogP contribution is -2.03. The van der Waals surface area contributed by atoms with Gasteiger partial charge in [-0.05, 0) is 52.9 Å². The Morgan fingerprint density at radius 3 is 2.56 bits per heavy atom. The Morgan fingerprint density at radius 2 is 1.89 bits per heavy atom. The summed E-state index contributed by atoms with van der Waals surface area (Å²) in [4.78, 5) is 11.0. The first-order valence-electron chi connectivity index (χ1n) is 5.12. The molecule has 3 nitrogen and oxygen atoms in total. The zero-order valence-corrected chi connectivity index (χ0v) is 11.3. The molecule has 0 unspecified atom stereocenters. The van der Waals surface area contributed by atoms with Gasteiger partial charge in [0, 0.05) is 3.57 Å². The van der Waals surface area contributed by atoms with Crippen molar-refractivity contribution in [1.82, 2.24) is 0 Å². The number of para-hydroxylation sites is 1. The number of halogens is 2. The Hall–Kier alpha value is -1.63. The molecule has 0 bridgehead atoms. The van der Waals surface area contributed by atoms with Gasteiger partial charge in [-0.1, -0.05) is 12.1 Å². The molecule has 0 radical (unpaired) electrons. The Bertz CT molecular complexity index is 601. The molecule has 18 heavy (non-hydrogen) atoms. The third-order valence-electron chi connectivity index (χ3n) is 2.36. The van der Waals surface area contributed by atoms with E-state index in [1.165, 1.54) is 12.1 Å². The Labute approximate surface area is 117 Å². The van der Waals surface area contributed by atoms with Gasteiger partial charge in [0.2, 0.25) is 0 Å². The topological polar surface area (TPSA) is 49.3 Å².